The lowest BCUT2D eigenvalue weighted by molar-refractivity contribution is 0.624. The van der Waals surface area contributed by atoms with Crippen LogP contribution in [0.2, 0.25) is 0 Å². The second kappa shape index (κ2) is 5.23. The molecule has 4 heteroatoms. The third-order valence-corrected chi connectivity index (χ3v) is 4.17. The number of nitrogens with zero attached hydrogens (tertiary/aromatic N) is 1. The van der Waals surface area contributed by atoms with Gasteiger partial charge in [-0.05, 0) is 36.4 Å². The van der Waals surface area contributed by atoms with Crippen LogP contribution in [-0.2, 0) is 0 Å². The van der Waals surface area contributed by atoms with Crippen LogP contribution in [-0.4, -0.2) is 4.98 Å². The van der Waals surface area contributed by atoms with Crippen molar-refractivity contribution in [2.75, 3.05) is 0 Å². The average Bonchev–Trinajstić information content (AvgIpc) is 2.80. The quantitative estimate of drug-likeness (QED) is 0.614. The summed E-state index contributed by atoms with van der Waals surface area (Å²) in [5, 5.41) is 0.878. The number of para-hydroxylation sites is 1. The molecule has 0 N–H and O–H groups in total. The van der Waals surface area contributed by atoms with Crippen LogP contribution >= 0.6 is 27.3 Å². The largest absolute Gasteiger partial charge is 0.237 e. The van der Waals surface area contributed by atoms with Gasteiger partial charge in [-0.2, -0.15) is 0 Å². The first-order chi connectivity index (χ1) is 9.22. The molecule has 1 aromatic heterocycles. The molecule has 0 atom stereocenters. The Kier molecular flexibility index (Phi) is 3.44. The van der Waals surface area contributed by atoms with E-state index in [1.165, 1.54) is 6.07 Å². The number of thiazole rings is 1. The molecule has 19 heavy (non-hydrogen) atoms. The van der Waals surface area contributed by atoms with Gasteiger partial charge in [0, 0.05) is 10.0 Å². The van der Waals surface area contributed by atoms with E-state index in [2.05, 4.69) is 20.9 Å². The maximum atomic E-state index is 13.7. The van der Waals surface area contributed by atoms with Gasteiger partial charge in [-0.25, -0.2) is 9.37 Å². The lowest BCUT2D eigenvalue weighted by atomic mass is 10.2. The third-order valence-electron chi connectivity index (χ3n) is 2.68. The topological polar surface area (TPSA) is 12.9 Å². The normalized spacial score (nSPS) is 11.5. The minimum absolute atomic E-state index is 0.244. The molecule has 0 aliphatic carbocycles. The van der Waals surface area contributed by atoms with E-state index in [0.29, 0.717) is 5.56 Å². The lowest BCUT2D eigenvalue weighted by Crippen LogP contribution is -1.80. The summed E-state index contributed by atoms with van der Waals surface area (Å²) in [5.74, 6) is -0.244. The molecule has 1 nitrogen and oxygen atoms in total. The van der Waals surface area contributed by atoms with Crippen LogP contribution in [0.3, 0.4) is 0 Å². The molecule has 0 saturated carbocycles. The van der Waals surface area contributed by atoms with E-state index < -0.39 is 0 Å². The van der Waals surface area contributed by atoms with Crippen molar-refractivity contribution in [3.8, 4) is 0 Å². The summed E-state index contributed by atoms with van der Waals surface area (Å²) >= 11 is 4.84. The Balaban J connectivity index is 1.93. The summed E-state index contributed by atoms with van der Waals surface area (Å²) in [6, 6.07) is 13.0. The molecule has 0 amide bonds. The monoisotopic (exact) mass is 333 g/mol. The van der Waals surface area contributed by atoms with Crippen LogP contribution in [0.15, 0.2) is 46.9 Å². The van der Waals surface area contributed by atoms with Gasteiger partial charge in [0.1, 0.15) is 10.8 Å². The highest BCUT2D eigenvalue weighted by molar-refractivity contribution is 9.10. The van der Waals surface area contributed by atoms with Crippen LogP contribution < -0.4 is 0 Å². The standard InChI is InChI=1S/C15H9BrFNS/c16-11-7-5-10(12(17)9-11)6-8-15-18-13-3-1-2-4-14(13)19-15/h1-9H/b8-6+. The summed E-state index contributed by atoms with van der Waals surface area (Å²) in [5.41, 5.74) is 1.53. The van der Waals surface area contributed by atoms with Gasteiger partial charge in [-0.15, -0.1) is 11.3 Å². The second-order valence-corrected chi connectivity index (χ2v) is 6.00. The van der Waals surface area contributed by atoms with Gasteiger partial charge in [-0.1, -0.05) is 34.1 Å². The molecule has 2 aromatic carbocycles. The number of rotatable bonds is 2. The SMILES string of the molecule is Fc1cc(Br)ccc1/C=C/c1nc2ccccc2s1. The summed E-state index contributed by atoms with van der Waals surface area (Å²) in [6.07, 6.45) is 3.59. The van der Waals surface area contributed by atoms with Crippen LogP contribution in [0.4, 0.5) is 4.39 Å². The zero-order valence-electron chi connectivity index (χ0n) is 9.81. The van der Waals surface area contributed by atoms with Crippen molar-refractivity contribution < 1.29 is 4.39 Å². The number of aromatic nitrogens is 1. The number of fused-ring (bicyclic) bond motifs is 1. The fourth-order valence-corrected chi connectivity index (χ4v) is 2.96. The Morgan fingerprint density at radius 1 is 1.11 bits per heavy atom. The van der Waals surface area contributed by atoms with Gasteiger partial charge in [0.05, 0.1) is 10.2 Å². The zero-order valence-corrected chi connectivity index (χ0v) is 12.2. The molecule has 0 bridgehead atoms. The van der Waals surface area contributed by atoms with Crippen molar-refractivity contribution in [2.45, 2.75) is 0 Å². The fraction of sp³-hybridized carbons (Fsp3) is 0. The minimum atomic E-state index is -0.244. The summed E-state index contributed by atoms with van der Waals surface area (Å²) in [4.78, 5) is 4.48. The first-order valence-corrected chi connectivity index (χ1v) is 7.32. The highest BCUT2D eigenvalue weighted by Gasteiger charge is 2.01. The van der Waals surface area contributed by atoms with E-state index in [1.54, 1.807) is 23.5 Å². The molecule has 3 aromatic rings. The molecule has 0 saturated heterocycles. The van der Waals surface area contributed by atoms with E-state index in [0.717, 1.165) is 19.7 Å². The van der Waals surface area contributed by atoms with E-state index in [-0.39, 0.29) is 5.82 Å². The minimum Gasteiger partial charge on any atom is -0.237 e. The number of benzene rings is 2. The van der Waals surface area contributed by atoms with Crippen LogP contribution in [0, 0.1) is 5.82 Å². The van der Waals surface area contributed by atoms with E-state index in [4.69, 9.17) is 0 Å². The van der Waals surface area contributed by atoms with Crippen molar-refractivity contribution in [3.63, 3.8) is 0 Å². The van der Waals surface area contributed by atoms with Crippen molar-refractivity contribution in [1.82, 2.24) is 4.98 Å². The predicted molar refractivity (Wildman–Crippen MR) is 82.6 cm³/mol. The van der Waals surface area contributed by atoms with Crippen LogP contribution in [0.25, 0.3) is 22.4 Å². The first-order valence-electron chi connectivity index (χ1n) is 5.71. The maximum Gasteiger partial charge on any atom is 0.131 e. The molecular formula is C15H9BrFNS. The van der Waals surface area contributed by atoms with Crippen molar-refractivity contribution >= 4 is 49.6 Å². The van der Waals surface area contributed by atoms with Gasteiger partial charge in [0.15, 0.2) is 0 Å². The van der Waals surface area contributed by atoms with Gasteiger partial charge in [0.2, 0.25) is 0 Å². The van der Waals surface area contributed by atoms with Gasteiger partial charge >= 0.3 is 0 Å². The molecule has 3 rings (SSSR count). The van der Waals surface area contributed by atoms with Crippen LogP contribution in [0.1, 0.15) is 10.6 Å². The Morgan fingerprint density at radius 2 is 1.95 bits per heavy atom. The smallest absolute Gasteiger partial charge is 0.131 e. The zero-order chi connectivity index (χ0) is 13.2. The fourth-order valence-electron chi connectivity index (χ4n) is 1.76. The molecular weight excluding hydrogens is 325 g/mol. The molecule has 0 fully saturated rings. The lowest BCUT2D eigenvalue weighted by Gasteiger charge is -1.96. The van der Waals surface area contributed by atoms with Crippen molar-refractivity contribution in [3.05, 3.63) is 63.3 Å². The molecule has 1 heterocycles. The number of hydrogen-bond acceptors (Lipinski definition) is 2. The van der Waals surface area contributed by atoms with Gasteiger partial charge in [0.25, 0.3) is 0 Å². The summed E-state index contributed by atoms with van der Waals surface area (Å²) < 4.78 is 15.5. The molecule has 0 unspecified atom stereocenters. The highest BCUT2D eigenvalue weighted by atomic mass is 79.9. The molecule has 0 aliphatic heterocycles. The molecule has 94 valence electrons. The van der Waals surface area contributed by atoms with Crippen LogP contribution in [0.5, 0.6) is 0 Å². The highest BCUT2D eigenvalue weighted by Crippen LogP contribution is 2.24. The number of halogens is 2. The Bertz CT molecular complexity index is 731. The van der Waals surface area contributed by atoms with Gasteiger partial charge in [-0.3, -0.25) is 0 Å². The Labute approximate surface area is 122 Å². The maximum absolute atomic E-state index is 13.7. The van der Waals surface area contributed by atoms with Gasteiger partial charge < -0.3 is 0 Å². The third kappa shape index (κ3) is 2.74. The molecule has 0 aliphatic rings. The Hall–Kier alpha value is -1.52. The average molecular weight is 334 g/mol. The summed E-state index contributed by atoms with van der Waals surface area (Å²) in [6.45, 7) is 0. The molecule has 0 spiro atoms. The summed E-state index contributed by atoms with van der Waals surface area (Å²) in [7, 11) is 0. The molecule has 0 radical (unpaired) electrons. The predicted octanol–water partition coefficient (Wildman–Crippen LogP) is 5.37. The number of hydrogen-bond donors (Lipinski definition) is 0. The Morgan fingerprint density at radius 3 is 2.74 bits per heavy atom. The first kappa shape index (κ1) is 12.5. The van der Waals surface area contributed by atoms with Crippen molar-refractivity contribution in [1.29, 1.82) is 0 Å². The second-order valence-electron chi connectivity index (χ2n) is 4.02. The van der Waals surface area contributed by atoms with E-state index in [1.807, 2.05) is 36.4 Å². The van der Waals surface area contributed by atoms with E-state index in [9.17, 15) is 4.39 Å². The van der Waals surface area contributed by atoms with E-state index >= 15 is 0 Å². The van der Waals surface area contributed by atoms with Crippen molar-refractivity contribution in [2.24, 2.45) is 0 Å².